The van der Waals surface area contributed by atoms with Crippen molar-refractivity contribution in [2.24, 2.45) is 0 Å². The summed E-state index contributed by atoms with van der Waals surface area (Å²) >= 11 is 1.43. The molecule has 2 amide bonds. The first kappa shape index (κ1) is 19.0. The Labute approximate surface area is 173 Å². The third-order valence-electron chi connectivity index (χ3n) is 4.66. The SMILES string of the molecule is CCOc1ccc(N2C(=O)C(Nc3ccccc3C)=C(c3cccs3)C2=O)cc1. The van der Waals surface area contributed by atoms with Crippen LogP contribution in [0.4, 0.5) is 11.4 Å². The zero-order valence-corrected chi connectivity index (χ0v) is 17.0. The van der Waals surface area contributed by atoms with Gasteiger partial charge in [-0.3, -0.25) is 9.59 Å². The molecule has 0 fully saturated rings. The highest BCUT2D eigenvalue weighted by atomic mass is 32.1. The van der Waals surface area contributed by atoms with Gasteiger partial charge >= 0.3 is 0 Å². The fraction of sp³-hybridized carbons (Fsp3) is 0.130. The lowest BCUT2D eigenvalue weighted by Crippen LogP contribution is -2.32. The highest BCUT2D eigenvalue weighted by molar-refractivity contribution is 7.11. The van der Waals surface area contributed by atoms with Crippen LogP contribution in [0.3, 0.4) is 0 Å². The van der Waals surface area contributed by atoms with Crippen LogP contribution in [-0.2, 0) is 9.59 Å². The van der Waals surface area contributed by atoms with Crippen molar-refractivity contribution in [3.63, 3.8) is 0 Å². The molecule has 1 aliphatic rings. The number of thiophene rings is 1. The van der Waals surface area contributed by atoms with Gasteiger partial charge in [0.15, 0.2) is 0 Å². The van der Waals surface area contributed by atoms with E-state index in [1.165, 1.54) is 16.2 Å². The number of benzene rings is 2. The highest BCUT2D eigenvalue weighted by Gasteiger charge is 2.40. The maximum atomic E-state index is 13.3. The number of carbonyl (C=O) groups excluding carboxylic acids is 2. The summed E-state index contributed by atoms with van der Waals surface area (Å²) in [5.41, 5.74) is 2.98. The number of ether oxygens (including phenoxy) is 1. The van der Waals surface area contributed by atoms with Crippen molar-refractivity contribution in [3.05, 3.63) is 82.2 Å². The summed E-state index contributed by atoms with van der Waals surface area (Å²) in [6, 6.07) is 18.4. The van der Waals surface area contributed by atoms with E-state index >= 15 is 0 Å². The smallest absolute Gasteiger partial charge is 0.282 e. The molecule has 0 bridgehead atoms. The third-order valence-corrected chi connectivity index (χ3v) is 5.55. The van der Waals surface area contributed by atoms with Gasteiger partial charge in [0.05, 0.1) is 17.9 Å². The molecular formula is C23H20N2O3S. The van der Waals surface area contributed by atoms with Crippen LogP contribution in [-0.4, -0.2) is 18.4 Å². The van der Waals surface area contributed by atoms with E-state index in [-0.39, 0.29) is 11.8 Å². The molecule has 0 atom stereocenters. The lowest BCUT2D eigenvalue weighted by Gasteiger charge is -2.16. The lowest BCUT2D eigenvalue weighted by atomic mass is 10.1. The second-order valence-electron chi connectivity index (χ2n) is 6.54. The Morgan fingerprint density at radius 2 is 1.72 bits per heavy atom. The number of hydrogen-bond acceptors (Lipinski definition) is 5. The highest BCUT2D eigenvalue weighted by Crippen LogP contribution is 2.36. The Balaban J connectivity index is 1.75. The van der Waals surface area contributed by atoms with Gasteiger partial charge in [0, 0.05) is 10.6 Å². The molecule has 146 valence electrons. The molecular weight excluding hydrogens is 384 g/mol. The number of aryl methyl sites for hydroxylation is 1. The van der Waals surface area contributed by atoms with Crippen LogP contribution in [0.5, 0.6) is 5.75 Å². The van der Waals surface area contributed by atoms with Crippen molar-refractivity contribution in [2.75, 3.05) is 16.8 Å². The van der Waals surface area contributed by atoms with Crippen molar-refractivity contribution < 1.29 is 14.3 Å². The fourth-order valence-electron chi connectivity index (χ4n) is 3.24. The van der Waals surface area contributed by atoms with Crippen molar-refractivity contribution in [1.29, 1.82) is 0 Å². The summed E-state index contributed by atoms with van der Waals surface area (Å²) in [7, 11) is 0. The quantitative estimate of drug-likeness (QED) is 0.597. The summed E-state index contributed by atoms with van der Waals surface area (Å²) < 4.78 is 5.46. The second-order valence-corrected chi connectivity index (χ2v) is 7.49. The van der Waals surface area contributed by atoms with Gasteiger partial charge in [-0.05, 0) is 61.2 Å². The van der Waals surface area contributed by atoms with Gasteiger partial charge in [0.25, 0.3) is 11.8 Å². The van der Waals surface area contributed by atoms with E-state index < -0.39 is 0 Å². The number of nitrogens with zero attached hydrogens (tertiary/aromatic N) is 1. The number of rotatable bonds is 6. The molecule has 0 saturated heterocycles. The molecule has 0 spiro atoms. The minimum absolute atomic E-state index is 0.292. The minimum Gasteiger partial charge on any atom is -0.494 e. The first-order valence-electron chi connectivity index (χ1n) is 9.32. The van der Waals surface area contributed by atoms with E-state index in [1.54, 1.807) is 24.3 Å². The standard InChI is InChI=1S/C23H20N2O3S/c1-3-28-17-12-10-16(11-13-17)25-22(26)20(19-9-6-14-29-19)21(23(25)27)24-18-8-5-4-7-15(18)2/h4-14,24H,3H2,1-2H3. The summed E-state index contributed by atoms with van der Waals surface area (Å²) in [6.07, 6.45) is 0. The van der Waals surface area contributed by atoms with Gasteiger partial charge in [0.1, 0.15) is 11.4 Å². The summed E-state index contributed by atoms with van der Waals surface area (Å²) in [4.78, 5) is 28.6. The van der Waals surface area contributed by atoms with Gasteiger partial charge in [0.2, 0.25) is 0 Å². The Bertz CT molecular complexity index is 1090. The predicted octanol–water partition coefficient (Wildman–Crippen LogP) is 4.85. The van der Waals surface area contributed by atoms with E-state index in [9.17, 15) is 9.59 Å². The molecule has 0 unspecified atom stereocenters. The van der Waals surface area contributed by atoms with Gasteiger partial charge in [-0.2, -0.15) is 0 Å². The molecule has 3 aromatic rings. The first-order valence-corrected chi connectivity index (χ1v) is 10.2. The second kappa shape index (κ2) is 7.93. The molecule has 4 rings (SSSR count). The topological polar surface area (TPSA) is 58.6 Å². The van der Waals surface area contributed by atoms with Crippen LogP contribution in [0.15, 0.2) is 71.7 Å². The van der Waals surface area contributed by atoms with Crippen LogP contribution in [0, 0.1) is 6.92 Å². The molecule has 0 radical (unpaired) electrons. The summed E-state index contributed by atoms with van der Waals surface area (Å²) in [5, 5.41) is 5.10. The molecule has 1 N–H and O–H groups in total. The van der Waals surface area contributed by atoms with Gasteiger partial charge < -0.3 is 10.1 Å². The lowest BCUT2D eigenvalue weighted by molar-refractivity contribution is -0.120. The number of anilines is 2. The molecule has 2 aromatic carbocycles. The third kappa shape index (κ3) is 3.54. The average Bonchev–Trinajstić information content (AvgIpc) is 3.32. The van der Waals surface area contributed by atoms with E-state index in [0.717, 1.165) is 16.1 Å². The van der Waals surface area contributed by atoms with Crippen LogP contribution < -0.4 is 15.0 Å². The van der Waals surface area contributed by atoms with Gasteiger partial charge in [-0.25, -0.2) is 4.90 Å². The van der Waals surface area contributed by atoms with Crippen LogP contribution in [0.1, 0.15) is 17.4 Å². The number of imide groups is 1. The number of nitrogens with one attached hydrogen (secondary N) is 1. The van der Waals surface area contributed by atoms with Crippen LogP contribution in [0.2, 0.25) is 0 Å². The molecule has 29 heavy (non-hydrogen) atoms. The Morgan fingerprint density at radius 1 is 0.966 bits per heavy atom. The summed E-state index contributed by atoms with van der Waals surface area (Å²) in [5.74, 6) is -0.0106. The monoisotopic (exact) mass is 404 g/mol. The number of para-hydroxylation sites is 1. The Hall–Kier alpha value is -3.38. The number of carbonyl (C=O) groups is 2. The predicted molar refractivity (Wildman–Crippen MR) is 116 cm³/mol. The largest absolute Gasteiger partial charge is 0.494 e. The van der Waals surface area contributed by atoms with Crippen molar-refractivity contribution in [3.8, 4) is 5.75 Å². The Kier molecular flexibility index (Phi) is 5.18. The molecule has 2 heterocycles. The number of amides is 2. The molecule has 1 aromatic heterocycles. The van der Waals surface area contributed by atoms with E-state index in [2.05, 4.69) is 5.32 Å². The number of hydrogen-bond donors (Lipinski definition) is 1. The maximum absolute atomic E-state index is 13.3. The van der Waals surface area contributed by atoms with Gasteiger partial charge in [-0.15, -0.1) is 11.3 Å². The molecule has 0 saturated carbocycles. The van der Waals surface area contributed by atoms with Crippen LogP contribution in [0.25, 0.3) is 5.57 Å². The molecule has 6 heteroatoms. The van der Waals surface area contributed by atoms with E-state index in [4.69, 9.17) is 4.74 Å². The average molecular weight is 404 g/mol. The first-order chi connectivity index (χ1) is 14.1. The maximum Gasteiger partial charge on any atom is 0.282 e. The van der Waals surface area contributed by atoms with Gasteiger partial charge in [-0.1, -0.05) is 24.3 Å². The van der Waals surface area contributed by atoms with Crippen LogP contribution >= 0.6 is 11.3 Å². The summed E-state index contributed by atoms with van der Waals surface area (Å²) in [6.45, 7) is 4.41. The Morgan fingerprint density at radius 3 is 2.38 bits per heavy atom. The minimum atomic E-state index is -0.370. The normalized spacial score (nSPS) is 13.9. The van der Waals surface area contributed by atoms with Crippen molar-refractivity contribution in [2.45, 2.75) is 13.8 Å². The molecule has 0 aliphatic carbocycles. The van der Waals surface area contributed by atoms with Crippen molar-refractivity contribution >= 4 is 40.1 Å². The van der Waals surface area contributed by atoms with Crippen molar-refractivity contribution in [1.82, 2.24) is 0 Å². The zero-order valence-electron chi connectivity index (χ0n) is 16.1. The fourth-order valence-corrected chi connectivity index (χ4v) is 4.00. The van der Waals surface area contributed by atoms with E-state index in [0.29, 0.717) is 29.3 Å². The zero-order chi connectivity index (χ0) is 20.4. The van der Waals surface area contributed by atoms with E-state index in [1.807, 2.05) is 55.6 Å². The molecule has 5 nitrogen and oxygen atoms in total. The molecule has 1 aliphatic heterocycles.